The lowest BCUT2D eigenvalue weighted by Gasteiger charge is -2.17. The molecule has 0 atom stereocenters. The fraction of sp³-hybridized carbons (Fsp3) is 0. The van der Waals surface area contributed by atoms with Gasteiger partial charge in [0, 0.05) is 32.5 Å². The first-order chi connectivity index (χ1) is 24.8. The van der Waals surface area contributed by atoms with Crippen LogP contribution in [0.1, 0.15) is 0 Å². The van der Waals surface area contributed by atoms with E-state index in [1.807, 2.05) is 0 Å². The van der Waals surface area contributed by atoms with Gasteiger partial charge in [0.15, 0.2) is 5.82 Å². The van der Waals surface area contributed by atoms with E-state index < -0.39 is 0 Å². The van der Waals surface area contributed by atoms with Crippen LogP contribution in [0.15, 0.2) is 170 Å². The lowest BCUT2D eigenvalue weighted by Crippen LogP contribution is -2.05. The molecule has 0 amide bonds. The Kier molecular flexibility index (Phi) is 5.63. The maximum absolute atomic E-state index is 5.64. The molecule has 0 aliphatic heterocycles. The van der Waals surface area contributed by atoms with Gasteiger partial charge in [0.05, 0.1) is 38.8 Å². The average molecular weight is 637 g/mol. The Bertz CT molecular complexity index is 3140. The van der Waals surface area contributed by atoms with Gasteiger partial charge in [-0.1, -0.05) is 140 Å². The highest BCUT2D eigenvalue weighted by Crippen LogP contribution is 2.46. The summed E-state index contributed by atoms with van der Waals surface area (Å²) in [6, 6.07) is 60.6. The molecule has 0 spiro atoms. The van der Waals surface area contributed by atoms with Gasteiger partial charge >= 0.3 is 0 Å². The molecule has 7 aromatic carbocycles. The zero-order valence-electron chi connectivity index (χ0n) is 27.0. The number of fused-ring (bicyclic) bond motifs is 10. The first-order valence-electron chi connectivity index (χ1n) is 17.0. The van der Waals surface area contributed by atoms with Crippen molar-refractivity contribution in [3.8, 4) is 28.3 Å². The third kappa shape index (κ3) is 3.76. The number of hydrogen-bond donors (Lipinski definition) is 0. The van der Waals surface area contributed by atoms with Gasteiger partial charge in [-0.15, -0.1) is 0 Å². The number of rotatable bonds is 3. The number of hydrogen-bond acceptors (Lipinski definition) is 2. The molecule has 0 saturated carbocycles. The molecule has 0 unspecified atom stereocenters. The third-order valence-corrected chi connectivity index (χ3v) is 10.2. The van der Waals surface area contributed by atoms with E-state index in [-0.39, 0.29) is 0 Å². The first-order valence-corrected chi connectivity index (χ1v) is 17.0. The summed E-state index contributed by atoms with van der Waals surface area (Å²) in [4.78, 5) is 11.1. The van der Waals surface area contributed by atoms with Crippen molar-refractivity contribution in [3.05, 3.63) is 170 Å². The molecule has 4 aromatic heterocycles. The lowest BCUT2D eigenvalue weighted by molar-refractivity contribution is 1.06. The van der Waals surface area contributed by atoms with Gasteiger partial charge in [-0.2, -0.15) is 0 Å². The summed E-state index contributed by atoms with van der Waals surface area (Å²) in [6.07, 6.45) is 0. The Balaban J connectivity index is 1.44. The molecule has 0 saturated heterocycles. The summed E-state index contributed by atoms with van der Waals surface area (Å²) in [6.45, 7) is 0. The molecule has 0 fully saturated rings. The molecule has 4 nitrogen and oxygen atoms in total. The fourth-order valence-electron chi connectivity index (χ4n) is 8.12. The van der Waals surface area contributed by atoms with Crippen molar-refractivity contribution in [1.29, 1.82) is 0 Å². The zero-order chi connectivity index (χ0) is 32.8. The van der Waals surface area contributed by atoms with Crippen LogP contribution in [0.3, 0.4) is 0 Å². The Hall–Kier alpha value is -6.78. The van der Waals surface area contributed by atoms with Crippen molar-refractivity contribution >= 4 is 70.8 Å². The second kappa shape index (κ2) is 10.4. The van der Waals surface area contributed by atoms with Gasteiger partial charge in [0.1, 0.15) is 5.69 Å². The second-order valence-corrected chi connectivity index (χ2v) is 13.0. The van der Waals surface area contributed by atoms with Crippen LogP contribution < -0.4 is 0 Å². The predicted octanol–water partition coefficient (Wildman–Crippen LogP) is 11.8. The average Bonchev–Trinajstić information content (AvgIpc) is 3.71. The van der Waals surface area contributed by atoms with E-state index in [0.717, 1.165) is 61.2 Å². The summed E-state index contributed by atoms with van der Waals surface area (Å²) in [7, 11) is 0. The van der Waals surface area contributed by atoms with Gasteiger partial charge < -0.3 is 4.40 Å². The van der Waals surface area contributed by atoms with Crippen LogP contribution in [-0.2, 0) is 0 Å². The molecule has 4 heterocycles. The van der Waals surface area contributed by atoms with Crippen molar-refractivity contribution < 1.29 is 0 Å². The maximum atomic E-state index is 5.64. The Morgan fingerprint density at radius 3 is 1.86 bits per heavy atom. The first kappa shape index (κ1) is 27.2. The van der Waals surface area contributed by atoms with Crippen molar-refractivity contribution in [1.82, 2.24) is 18.9 Å². The number of aromatic nitrogens is 4. The largest absolute Gasteiger partial charge is 0.309 e. The molecule has 232 valence electrons. The van der Waals surface area contributed by atoms with Gasteiger partial charge in [-0.25, -0.2) is 9.97 Å². The molecule has 11 rings (SSSR count). The Morgan fingerprint density at radius 2 is 1.04 bits per heavy atom. The molecule has 0 N–H and O–H groups in total. The fourth-order valence-corrected chi connectivity index (χ4v) is 8.12. The molecule has 0 bridgehead atoms. The topological polar surface area (TPSA) is 35.1 Å². The van der Waals surface area contributed by atoms with Crippen LogP contribution >= 0.6 is 0 Å². The van der Waals surface area contributed by atoms with Gasteiger partial charge in [-0.3, -0.25) is 4.57 Å². The summed E-state index contributed by atoms with van der Waals surface area (Å²) in [5.74, 6) is 0.809. The summed E-state index contributed by atoms with van der Waals surface area (Å²) in [5, 5.41) is 8.25. The van der Waals surface area contributed by atoms with Crippen LogP contribution in [0.5, 0.6) is 0 Å². The van der Waals surface area contributed by atoms with Gasteiger partial charge in [-0.05, 0) is 46.7 Å². The number of benzene rings is 7. The normalized spacial score (nSPS) is 12.0. The molecule has 0 radical (unpaired) electrons. The van der Waals surface area contributed by atoms with Crippen molar-refractivity contribution in [2.75, 3.05) is 0 Å². The highest BCUT2D eigenvalue weighted by atomic mass is 15.1. The van der Waals surface area contributed by atoms with Crippen LogP contribution in [0.4, 0.5) is 0 Å². The van der Waals surface area contributed by atoms with Crippen molar-refractivity contribution in [2.45, 2.75) is 0 Å². The molecule has 0 aliphatic rings. The molecule has 0 aliphatic carbocycles. The highest BCUT2D eigenvalue weighted by molar-refractivity contribution is 6.27. The number of nitrogens with zero attached hydrogens (tertiary/aromatic N) is 4. The van der Waals surface area contributed by atoms with E-state index in [9.17, 15) is 0 Å². The standard InChI is InChI=1S/C46H28N4/c1-3-15-30(16-4-1)43-46(48-44-33-20-9-7-14-29(33)26-27-36(44)47-43)50-39-25-13-22-35-34-21-10-12-24-38(34)49-37-23-11-8-19-32(37)28-40(49)42(41(35)39)45(50)31-17-5-2-6-18-31/h1-28H. The maximum Gasteiger partial charge on any atom is 0.165 e. The lowest BCUT2D eigenvalue weighted by atomic mass is 10.0. The van der Waals surface area contributed by atoms with E-state index in [0.29, 0.717) is 0 Å². The zero-order valence-corrected chi connectivity index (χ0v) is 27.0. The van der Waals surface area contributed by atoms with Crippen LogP contribution in [-0.4, -0.2) is 18.9 Å². The second-order valence-electron chi connectivity index (χ2n) is 13.0. The molecular weight excluding hydrogens is 609 g/mol. The van der Waals surface area contributed by atoms with Crippen LogP contribution in [0.2, 0.25) is 0 Å². The summed E-state index contributed by atoms with van der Waals surface area (Å²) < 4.78 is 4.84. The van der Waals surface area contributed by atoms with E-state index in [2.05, 4.69) is 179 Å². The quantitative estimate of drug-likeness (QED) is 0.181. The summed E-state index contributed by atoms with van der Waals surface area (Å²) in [5.41, 5.74) is 10.5. The monoisotopic (exact) mass is 636 g/mol. The van der Waals surface area contributed by atoms with E-state index >= 15 is 0 Å². The molecule has 11 aromatic rings. The molecule has 50 heavy (non-hydrogen) atoms. The van der Waals surface area contributed by atoms with E-state index in [1.54, 1.807) is 0 Å². The van der Waals surface area contributed by atoms with Crippen LogP contribution in [0, 0.1) is 0 Å². The SMILES string of the molecule is c1ccc(-c2nc3ccc4ccccc4c3nc2-n2c(-c3ccccc3)c3c4c(cccc42)c2ccccc2n2c4ccccc4cc32)cc1. The minimum absolute atomic E-state index is 0.809. The van der Waals surface area contributed by atoms with Gasteiger partial charge in [0.25, 0.3) is 0 Å². The van der Waals surface area contributed by atoms with Crippen LogP contribution in [0.25, 0.3) is 99.1 Å². The Labute approximate surface area is 287 Å². The van der Waals surface area contributed by atoms with E-state index in [4.69, 9.17) is 9.97 Å². The smallest absolute Gasteiger partial charge is 0.165 e. The third-order valence-electron chi connectivity index (χ3n) is 10.2. The minimum Gasteiger partial charge on any atom is -0.309 e. The molecule has 4 heteroatoms. The molecular formula is C46H28N4. The minimum atomic E-state index is 0.809. The highest BCUT2D eigenvalue weighted by Gasteiger charge is 2.26. The predicted molar refractivity (Wildman–Crippen MR) is 208 cm³/mol. The van der Waals surface area contributed by atoms with Gasteiger partial charge in [0.2, 0.25) is 0 Å². The summed E-state index contributed by atoms with van der Waals surface area (Å²) >= 11 is 0. The van der Waals surface area contributed by atoms with E-state index in [1.165, 1.54) is 38.0 Å². The van der Waals surface area contributed by atoms with Crippen molar-refractivity contribution in [3.63, 3.8) is 0 Å². The van der Waals surface area contributed by atoms with Crippen molar-refractivity contribution in [2.24, 2.45) is 0 Å². The Morgan fingerprint density at radius 1 is 0.400 bits per heavy atom. The number of para-hydroxylation sites is 2.